The number of nitrogens with zero attached hydrogens (tertiary/aromatic N) is 2. The smallest absolute Gasteiger partial charge is 0.123 e. The topological polar surface area (TPSA) is 42.8 Å². The normalized spacial score (nSPS) is 14.4. The van der Waals surface area contributed by atoms with Crippen LogP contribution in [-0.4, -0.2) is 18.1 Å². The maximum absolute atomic E-state index is 9.28. The third-order valence-electron chi connectivity index (χ3n) is 3.75. The summed E-state index contributed by atoms with van der Waals surface area (Å²) in [4.78, 5) is 5.12. The molecule has 2 aromatic rings. The summed E-state index contributed by atoms with van der Waals surface area (Å²) in [6.45, 7) is 1.70. The second-order valence-corrected chi connectivity index (χ2v) is 5.38. The van der Waals surface area contributed by atoms with Gasteiger partial charge < -0.3 is 9.88 Å². The number of anilines is 1. The molecule has 0 bridgehead atoms. The Bertz CT molecular complexity index is 769. The lowest BCUT2D eigenvalue weighted by Crippen LogP contribution is -2.29. The van der Waals surface area contributed by atoms with Crippen molar-refractivity contribution in [3.05, 3.63) is 64.4 Å². The first-order valence-electron chi connectivity index (χ1n) is 6.91. The summed E-state index contributed by atoms with van der Waals surface area (Å²) in [5.41, 5.74) is 4.13. The van der Waals surface area contributed by atoms with Gasteiger partial charge in [-0.05, 0) is 23.6 Å². The van der Waals surface area contributed by atoms with E-state index in [-0.39, 0.29) is 0 Å². The monoisotopic (exact) mass is 293 g/mol. The van der Waals surface area contributed by atoms with Crippen molar-refractivity contribution < 1.29 is 0 Å². The number of nitriles is 1. The van der Waals surface area contributed by atoms with Crippen LogP contribution in [0.2, 0.25) is 0 Å². The van der Waals surface area contributed by atoms with Crippen molar-refractivity contribution in [2.75, 3.05) is 18.0 Å². The molecule has 0 saturated heterocycles. The average molecular weight is 293 g/mol. The quantitative estimate of drug-likeness (QED) is 0.854. The Labute approximate surface area is 129 Å². The van der Waals surface area contributed by atoms with Crippen molar-refractivity contribution in [1.29, 1.82) is 5.26 Å². The predicted molar refractivity (Wildman–Crippen MR) is 87.6 cm³/mol. The first-order valence-corrected chi connectivity index (χ1v) is 7.31. The zero-order valence-corrected chi connectivity index (χ0v) is 12.4. The third-order valence-corrected chi connectivity index (χ3v) is 4.07. The van der Waals surface area contributed by atoms with Crippen LogP contribution in [0.25, 0.3) is 5.57 Å². The van der Waals surface area contributed by atoms with Crippen LogP contribution in [0.3, 0.4) is 0 Å². The molecule has 21 heavy (non-hydrogen) atoms. The molecule has 0 saturated carbocycles. The number of hydrogen-bond donors (Lipinski definition) is 1. The molecule has 1 aliphatic heterocycles. The van der Waals surface area contributed by atoms with E-state index in [9.17, 15) is 5.26 Å². The van der Waals surface area contributed by atoms with Gasteiger partial charge in [-0.15, -0.1) is 0 Å². The molecule has 0 spiro atoms. The molecule has 0 fully saturated rings. The average Bonchev–Trinajstić information content (AvgIpc) is 2.55. The predicted octanol–water partition coefficient (Wildman–Crippen LogP) is 3.91. The zero-order chi connectivity index (χ0) is 14.7. The van der Waals surface area contributed by atoms with Crippen LogP contribution in [0, 0.1) is 16.0 Å². The van der Waals surface area contributed by atoms with E-state index < -0.39 is 0 Å². The number of rotatable bonds is 2. The first kappa shape index (κ1) is 13.6. The number of aromatic amines is 1. The molecule has 3 rings (SSSR count). The van der Waals surface area contributed by atoms with Gasteiger partial charge in [-0.2, -0.15) is 5.26 Å². The number of hydrogen-bond acceptors (Lipinski definition) is 3. The highest BCUT2D eigenvalue weighted by molar-refractivity contribution is 7.71. The van der Waals surface area contributed by atoms with Gasteiger partial charge in [0.05, 0.1) is 5.69 Å². The summed E-state index contributed by atoms with van der Waals surface area (Å²) in [5.74, 6) is 0. The largest absolute Gasteiger partial charge is 0.366 e. The summed E-state index contributed by atoms with van der Waals surface area (Å²) >= 11 is 5.19. The van der Waals surface area contributed by atoms with Gasteiger partial charge in [0, 0.05) is 19.3 Å². The maximum Gasteiger partial charge on any atom is 0.123 e. The van der Waals surface area contributed by atoms with Crippen molar-refractivity contribution in [2.45, 2.75) is 6.42 Å². The summed E-state index contributed by atoms with van der Waals surface area (Å²) in [6, 6.07) is 14.6. The van der Waals surface area contributed by atoms with Gasteiger partial charge in [-0.25, -0.2) is 0 Å². The first-order chi connectivity index (χ1) is 10.3. The highest BCUT2D eigenvalue weighted by Gasteiger charge is 2.16. The minimum atomic E-state index is 0.507. The van der Waals surface area contributed by atoms with E-state index in [2.05, 4.69) is 46.3 Å². The van der Waals surface area contributed by atoms with Gasteiger partial charge in [0.2, 0.25) is 0 Å². The molecule has 104 valence electrons. The lowest BCUT2D eigenvalue weighted by molar-refractivity contribution is 0.829. The van der Waals surface area contributed by atoms with Crippen molar-refractivity contribution in [3.8, 4) is 6.07 Å². The second-order valence-electron chi connectivity index (χ2n) is 4.97. The molecular formula is C17H15N3S. The van der Waals surface area contributed by atoms with Crippen LogP contribution in [0.15, 0.2) is 48.7 Å². The van der Waals surface area contributed by atoms with Crippen LogP contribution in [-0.2, 0) is 0 Å². The number of benzene rings is 1. The van der Waals surface area contributed by atoms with Crippen molar-refractivity contribution in [2.24, 2.45) is 0 Å². The molecular weight excluding hydrogens is 278 g/mol. The van der Waals surface area contributed by atoms with Crippen molar-refractivity contribution >= 4 is 23.5 Å². The Morgan fingerprint density at radius 3 is 2.67 bits per heavy atom. The molecule has 1 aromatic carbocycles. The van der Waals surface area contributed by atoms with Crippen LogP contribution < -0.4 is 4.90 Å². The minimum Gasteiger partial charge on any atom is -0.366 e. The summed E-state index contributed by atoms with van der Waals surface area (Å²) in [5, 5.41) is 9.28. The third kappa shape index (κ3) is 2.74. The Morgan fingerprint density at radius 1 is 1.19 bits per heavy atom. The highest BCUT2D eigenvalue weighted by atomic mass is 32.1. The van der Waals surface area contributed by atoms with E-state index in [4.69, 9.17) is 12.2 Å². The number of pyridine rings is 1. The molecule has 0 amide bonds. The fourth-order valence-electron chi connectivity index (χ4n) is 2.64. The highest BCUT2D eigenvalue weighted by Crippen LogP contribution is 2.27. The van der Waals surface area contributed by atoms with Crippen molar-refractivity contribution in [1.82, 2.24) is 4.98 Å². The van der Waals surface area contributed by atoms with Gasteiger partial charge in [0.1, 0.15) is 16.3 Å². The molecule has 0 aliphatic carbocycles. The molecule has 0 atom stereocenters. The Balaban J connectivity index is 1.87. The lowest BCUT2D eigenvalue weighted by Gasteiger charge is -2.29. The van der Waals surface area contributed by atoms with E-state index >= 15 is 0 Å². The summed E-state index contributed by atoms with van der Waals surface area (Å²) in [7, 11) is 0. The van der Waals surface area contributed by atoms with Gasteiger partial charge in [0.25, 0.3) is 0 Å². The molecule has 3 nitrogen and oxygen atoms in total. The number of H-pyrrole nitrogens is 1. The van der Waals surface area contributed by atoms with Crippen molar-refractivity contribution in [3.63, 3.8) is 0 Å². The van der Waals surface area contributed by atoms with E-state index in [1.54, 1.807) is 6.20 Å². The Kier molecular flexibility index (Phi) is 3.85. The second kappa shape index (κ2) is 5.94. The van der Waals surface area contributed by atoms with E-state index in [1.807, 2.05) is 12.1 Å². The number of aromatic nitrogens is 1. The fourth-order valence-corrected chi connectivity index (χ4v) is 2.86. The molecule has 1 N–H and O–H groups in total. The van der Waals surface area contributed by atoms with E-state index in [0.717, 1.165) is 25.2 Å². The molecule has 4 heteroatoms. The molecule has 2 heterocycles. The summed E-state index contributed by atoms with van der Waals surface area (Å²) in [6.07, 6.45) is 5.01. The van der Waals surface area contributed by atoms with Crippen LogP contribution in [0.1, 0.15) is 17.5 Å². The number of nitrogens with one attached hydrogen (secondary N) is 1. The molecule has 0 radical (unpaired) electrons. The SMILES string of the molecule is N#Cc1c(N2CC=C(c3ccccc3)CC2)cc[nH]c1=S. The fraction of sp³-hybridized carbons (Fsp3) is 0.176. The maximum atomic E-state index is 9.28. The van der Waals surface area contributed by atoms with Gasteiger partial charge in [0.15, 0.2) is 0 Å². The zero-order valence-electron chi connectivity index (χ0n) is 11.5. The van der Waals surface area contributed by atoms with Gasteiger partial charge in [-0.3, -0.25) is 0 Å². The Morgan fingerprint density at radius 2 is 2.00 bits per heavy atom. The van der Waals surface area contributed by atoms with Gasteiger partial charge >= 0.3 is 0 Å². The molecule has 1 aromatic heterocycles. The summed E-state index contributed by atoms with van der Waals surface area (Å²) < 4.78 is 0.507. The van der Waals surface area contributed by atoms with Gasteiger partial charge in [-0.1, -0.05) is 48.6 Å². The molecule has 0 unspecified atom stereocenters. The Hall–Kier alpha value is -2.38. The van der Waals surface area contributed by atoms with E-state index in [1.165, 1.54) is 11.1 Å². The van der Waals surface area contributed by atoms with Crippen LogP contribution >= 0.6 is 12.2 Å². The standard InChI is InChI=1S/C17H15N3S/c18-12-15-16(6-9-19-17(15)21)20-10-7-14(8-11-20)13-4-2-1-3-5-13/h1-7,9H,8,10-11H2,(H,19,21). The molecule has 1 aliphatic rings. The lowest BCUT2D eigenvalue weighted by atomic mass is 9.99. The van der Waals surface area contributed by atoms with Crippen LogP contribution in [0.5, 0.6) is 0 Å². The van der Waals surface area contributed by atoms with Crippen LogP contribution in [0.4, 0.5) is 5.69 Å². The van der Waals surface area contributed by atoms with E-state index in [0.29, 0.717) is 10.2 Å². The minimum absolute atomic E-state index is 0.507.